The number of carbonyl (C=O) groups excluding carboxylic acids is 1. The molecule has 8 nitrogen and oxygen atoms in total. The number of carbonyl (C=O) groups is 3. The van der Waals surface area contributed by atoms with E-state index in [1.165, 1.54) is 70.3 Å². The summed E-state index contributed by atoms with van der Waals surface area (Å²) < 4.78 is 4.72. The van der Waals surface area contributed by atoms with Gasteiger partial charge in [0, 0.05) is 18.5 Å². The van der Waals surface area contributed by atoms with Crippen LogP contribution >= 0.6 is 0 Å². The summed E-state index contributed by atoms with van der Waals surface area (Å²) in [7, 11) is 0. The molecule has 31 heavy (non-hydrogen) atoms. The third-order valence-corrected chi connectivity index (χ3v) is 5.78. The number of aliphatic carboxylic acids is 2. The second-order valence-corrected chi connectivity index (χ2v) is 8.29. The molecule has 2 saturated carbocycles. The topological polar surface area (TPSA) is 125 Å². The Morgan fingerprint density at radius 1 is 1.00 bits per heavy atom. The zero-order valence-electron chi connectivity index (χ0n) is 18.8. The molecule has 0 aromatic heterocycles. The molecule has 0 aromatic rings. The number of hydrogen-bond acceptors (Lipinski definition) is 6. The minimum Gasteiger partial charge on any atom is -0.481 e. The van der Waals surface area contributed by atoms with Crippen LogP contribution in [0.5, 0.6) is 0 Å². The fourth-order valence-corrected chi connectivity index (χ4v) is 4.10. The van der Waals surface area contributed by atoms with Crippen molar-refractivity contribution >= 4 is 17.9 Å². The van der Waals surface area contributed by atoms with Gasteiger partial charge in [0.1, 0.15) is 12.1 Å². The van der Waals surface area contributed by atoms with Crippen molar-refractivity contribution in [1.29, 1.82) is 0 Å². The maximum atomic E-state index is 11.4. The Balaban J connectivity index is 0.000000323. The third-order valence-electron chi connectivity index (χ3n) is 5.78. The molecule has 2 aliphatic carbocycles. The first kappa shape index (κ1) is 27.1. The molecule has 2 aliphatic rings. The van der Waals surface area contributed by atoms with Crippen LogP contribution in [-0.2, 0) is 19.1 Å². The summed E-state index contributed by atoms with van der Waals surface area (Å²) in [5, 5.41) is 23.7. The van der Waals surface area contributed by atoms with E-state index in [0.717, 1.165) is 12.1 Å². The highest BCUT2D eigenvalue weighted by Crippen LogP contribution is 2.22. The van der Waals surface area contributed by atoms with Crippen LogP contribution in [0, 0.1) is 0 Å². The molecule has 0 radical (unpaired) electrons. The SMILES string of the molecule is C1CCC(NC2CCCCC2)CC1.C=CC(NC(CCC(=O)O)C(=O)O)C(=O)OCC. The first-order valence-electron chi connectivity index (χ1n) is 11.6. The summed E-state index contributed by atoms with van der Waals surface area (Å²) in [6.07, 6.45) is 15.3. The largest absolute Gasteiger partial charge is 0.481 e. The molecule has 2 rings (SSSR count). The fraction of sp³-hybridized carbons (Fsp3) is 0.783. The predicted octanol–water partition coefficient (Wildman–Crippen LogP) is 3.25. The van der Waals surface area contributed by atoms with E-state index in [9.17, 15) is 14.4 Å². The van der Waals surface area contributed by atoms with E-state index < -0.39 is 30.0 Å². The summed E-state index contributed by atoms with van der Waals surface area (Å²) in [4.78, 5) is 32.7. The zero-order valence-corrected chi connectivity index (χ0v) is 18.8. The van der Waals surface area contributed by atoms with Crippen molar-refractivity contribution in [2.45, 2.75) is 108 Å². The number of esters is 1. The maximum absolute atomic E-state index is 11.4. The lowest BCUT2D eigenvalue weighted by molar-refractivity contribution is -0.145. The van der Waals surface area contributed by atoms with Crippen LogP contribution in [-0.4, -0.2) is 58.9 Å². The minimum absolute atomic E-state index is 0.131. The molecule has 8 heteroatoms. The number of ether oxygens (including phenoxy) is 1. The summed E-state index contributed by atoms with van der Waals surface area (Å²) in [5.41, 5.74) is 0. The maximum Gasteiger partial charge on any atom is 0.327 e. The van der Waals surface area contributed by atoms with Gasteiger partial charge >= 0.3 is 17.9 Å². The molecular weight excluding hydrogens is 400 g/mol. The molecule has 0 spiro atoms. The highest BCUT2D eigenvalue weighted by Gasteiger charge is 2.25. The van der Waals surface area contributed by atoms with Crippen molar-refractivity contribution in [3.8, 4) is 0 Å². The van der Waals surface area contributed by atoms with Crippen LogP contribution in [0.15, 0.2) is 12.7 Å². The Hall–Kier alpha value is -1.93. The highest BCUT2D eigenvalue weighted by molar-refractivity contribution is 5.80. The molecule has 4 N–H and O–H groups in total. The monoisotopic (exact) mass is 440 g/mol. The lowest BCUT2D eigenvalue weighted by Crippen LogP contribution is -2.47. The van der Waals surface area contributed by atoms with Crippen molar-refractivity contribution < 1.29 is 29.3 Å². The van der Waals surface area contributed by atoms with E-state index in [1.807, 2.05) is 0 Å². The number of rotatable bonds is 11. The molecule has 0 aromatic carbocycles. The van der Waals surface area contributed by atoms with Gasteiger partial charge in [0.2, 0.25) is 0 Å². The molecule has 0 bridgehead atoms. The second kappa shape index (κ2) is 15.8. The predicted molar refractivity (Wildman–Crippen MR) is 119 cm³/mol. The number of nitrogens with one attached hydrogen (secondary N) is 2. The van der Waals surface area contributed by atoms with Crippen molar-refractivity contribution in [2.24, 2.45) is 0 Å². The van der Waals surface area contributed by atoms with Crippen LogP contribution in [0.4, 0.5) is 0 Å². The zero-order chi connectivity index (χ0) is 23.1. The standard InChI is InChI=1S/C12H23N.C11H17NO6/c1-3-7-11(8-4-1)13-12-9-5-2-6-10-12;1-3-7(11(17)18-4-2)12-8(10(15)16)5-6-9(13)14/h11-13H,1-10H2;3,7-8,12H,1,4-6H2,2H3,(H,13,14)(H,15,16). The van der Waals surface area contributed by atoms with E-state index in [1.54, 1.807) is 6.92 Å². The van der Waals surface area contributed by atoms with E-state index in [4.69, 9.17) is 14.9 Å². The Morgan fingerprint density at radius 3 is 1.90 bits per heavy atom. The van der Waals surface area contributed by atoms with Gasteiger partial charge in [-0.2, -0.15) is 0 Å². The third kappa shape index (κ3) is 11.9. The van der Waals surface area contributed by atoms with E-state index in [2.05, 4.69) is 17.2 Å². The van der Waals surface area contributed by atoms with Gasteiger partial charge in [0.25, 0.3) is 0 Å². The van der Waals surface area contributed by atoms with Gasteiger partial charge in [-0.1, -0.05) is 44.6 Å². The summed E-state index contributed by atoms with van der Waals surface area (Å²) >= 11 is 0. The lowest BCUT2D eigenvalue weighted by atomic mass is 9.91. The first-order chi connectivity index (χ1) is 14.9. The van der Waals surface area contributed by atoms with Gasteiger partial charge in [0.15, 0.2) is 0 Å². The number of hydrogen-bond donors (Lipinski definition) is 4. The quantitative estimate of drug-likeness (QED) is 0.285. The lowest BCUT2D eigenvalue weighted by Gasteiger charge is -2.30. The van der Waals surface area contributed by atoms with Crippen molar-refractivity contribution in [3.63, 3.8) is 0 Å². The van der Waals surface area contributed by atoms with Crippen LogP contribution < -0.4 is 10.6 Å². The molecular formula is C23H40N2O6. The first-order valence-corrected chi connectivity index (χ1v) is 11.6. The van der Waals surface area contributed by atoms with Crippen molar-refractivity contribution in [1.82, 2.24) is 10.6 Å². The molecule has 2 atom stereocenters. The smallest absolute Gasteiger partial charge is 0.327 e. The van der Waals surface area contributed by atoms with Crippen molar-refractivity contribution in [2.75, 3.05) is 6.61 Å². The minimum atomic E-state index is -1.23. The van der Waals surface area contributed by atoms with Crippen LogP contribution in [0.3, 0.4) is 0 Å². The Morgan fingerprint density at radius 2 is 1.52 bits per heavy atom. The number of carboxylic acid groups (broad SMARTS) is 2. The van der Waals surface area contributed by atoms with Crippen LogP contribution in [0.1, 0.15) is 84.0 Å². The van der Waals surface area contributed by atoms with Gasteiger partial charge < -0.3 is 20.3 Å². The van der Waals surface area contributed by atoms with E-state index >= 15 is 0 Å². The summed E-state index contributed by atoms with van der Waals surface area (Å²) in [5.74, 6) is -2.98. The molecule has 2 unspecified atom stereocenters. The van der Waals surface area contributed by atoms with E-state index in [0.29, 0.717) is 0 Å². The average Bonchev–Trinajstić information content (AvgIpc) is 2.75. The van der Waals surface area contributed by atoms with Crippen molar-refractivity contribution in [3.05, 3.63) is 12.7 Å². The second-order valence-electron chi connectivity index (χ2n) is 8.29. The molecule has 178 valence electrons. The van der Waals surface area contributed by atoms with Gasteiger partial charge in [-0.25, -0.2) is 0 Å². The Kier molecular flexibility index (Phi) is 13.8. The summed E-state index contributed by atoms with van der Waals surface area (Å²) in [6, 6.07) is -0.373. The van der Waals surface area contributed by atoms with Crippen LogP contribution in [0.25, 0.3) is 0 Å². The fourth-order valence-electron chi connectivity index (χ4n) is 4.10. The van der Waals surface area contributed by atoms with Gasteiger partial charge in [-0.3, -0.25) is 19.7 Å². The Labute approximate surface area is 185 Å². The normalized spacial score (nSPS) is 19.4. The summed E-state index contributed by atoms with van der Waals surface area (Å²) in [6.45, 7) is 5.19. The number of carboxylic acids is 2. The Bertz CT molecular complexity index is 540. The van der Waals surface area contributed by atoms with Gasteiger partial charge in [0.05, 0.1) is 6.61 Å². The van der Waals surface area contributed by atoms with Gasteiger partial charge in [-0.15, -0.1) is 6.58 Å². The van der Waals surface area contributed by atoms with Crippen LogP contribution in [0.2, 0.25) is 0 Å². The van der Waals surface area contributed by atoms with Gasteiger partial charge in [-0.05, 0) is 39.0 Å². The van der Waals surface area contributed by atoms with E-state index in [-0.39, 0.29) is 19.4 Å². The molecule has 0 heterocycles. The molecule has 0 aliphatic heterocycles. The molecule has 0 amide bonds. The highest BCUT2D eigenvalue weighted by atomic mass is 16.5. The average molecular weight is 441 g/mol. The molecule has 2 fully saturated rings. The molecule has 0 saturated heterocycles.